The van der Waals surface area contributed by atoms with E-state index < -0.39 is 31.4 Å². The number of ether oxygens (including phenoxy) is 1. The minimum Gasteiger partial charge on any atom is -0.467 e. The SMILES string of the molecule is COc1nc(C)cc(C(=O)NS(=O)(=O)c2ccccc2[N+](=O)[O-])n1. The van der Waals surface area contributed by atoms with Crippen molar-refractivity contribution in [1.29, 1.82) is 0 Å². The van der Waals surface area contributed by atoms with Gasteiger partial charge >= 0.3 is 6.01 Å². The minimum absolute atomic E-state index is 0.108. The van der Waals surface area contributed by atoms with Gasteiger partial charge in [0, 0.05) is 11.8 Å². The lowest BCUT2D eigenvalue weighted by Gasteiger charge is -2.08. The van der Waals surface area contributed by atoms with Crippen LogP contribution < -0.4 is 9.46 Å². The van der Waals surface area contributed by atoms with Gasteiger partial charge in [0.05, 0.1) is 12.0 Å². The van der Waals surface area contributed by atoms with Crippen molar-refractivity contribution in [1.82, 2.24) is 14.7 Å². The topological polar surface area (TPSA) is 141 Å². The molecule has 1 amide bonds. The fraction of sp³-hybridized carbons (Fsp3) is 0.154. The summed E-state index contributed by atoms with van der Waals surface area (Å²) in [4.78, 5) is 29.2. The second-order valence-corrected chi connectivity index (χ2v) is 6.19. The van der Waals surface area contributed by atoms with Gasteiger partial charge in [-0.3, -0.25) is 14.9 Å². The number of hydrogen-bond donors (Lipinski definition) is 1. The largest absolute Gasteiger partial charge is 0.467 e. The zero-order valence-corrected chi connectivity index (χ0v) is 13.4. The molecule has 0 unspecified atom stereocenters. The van der Waals surface area contributed by atoms with Crippen molar-refractivity contribution in [3.05, 3.63) is 51.8 Å². The molecule has 0 fully saturated rings. The average molecular weight is 352 g/mol. The van der Waals surface area contributed by atoms with Crippen LogP contribution in [0.3, 0.4) is 0 Å². The van der Waals surface area contributed by atoms with Gasteiger partial charge < -0.3 is 4.74 Å². The summed E-state index contributed by atoms with van der Waals surface area (Å²) in [5.74, 6) is -1.06. The Hall–Kier alpha value is -3.08. The zero-order chi connectivity index (χ0) is 17.9. The molecule has 10 nitrogen and oxygen atoms in total. The van der Waals surface area contributed by atoms with Gasteiger partial charge in [-0.05, 0) is 19.1 Å². The number of methoxy groups -OCH3 is 1. The molecule has 126 valence electrons. The van der Waals surface area contributed by atoms with Crippen LogP contribution in [0.25, 0.3) is 0 Å². The number of carbonyl (C=O) groups is 1. The molecule has 1 heterocycles. The number of carbonyl (C=O) groups excluding carboxylic acids is 1. The van der Waals surface area contributed by atoms with Gasteiger partial charge in [0.15, 0.2) is 4.90 Å². The van der Waals surface area contributed by atoms with Gasteiger partial charge in [-0.25, -0.2) is 18.1 Å². The molecule has 0 aliphatic carbocycles. The van der Waals surface area contributed by atoms with Crippen molar-refractivity contribution in [2.75, 3.05) is 7.11 Å². The normalized spacial score (nSPS) is 10.9. The number of nitrogens with zero attached hydrogens (tertiary/aromatic N) is 3. The Morgan fingerprint density at radius 3 is 2.58 bits per heavy atom. The molecular weight excluding hydrogens is 340 g/mol. The van der Waals surface area contributed by atoms with Crippen LogP contribution in [-0.4, -0.2) is 36.3 Å². The maximum Gasteiger partial charge on any atom is 0.317 e. The fourth-order valence-electron chi connectivity index (χ4n) is 1.81. The van der Waals surface area contributed by atoms with E-state index in [4.69, 9.17) is 4.74 Å². The maximum atomic E-state index is 12.3. The first-order valence-electron chi connectivity index (χ1n) is 6.45. The van der Waals surface area contributed by atoms with Crippen molar-refractivity contribution in [3.63, 3.8) is 0 Å². The highest BCUT2D eigenvalue weighted by Gasteiger charge is 2.27. The summed E-state index contributed by atoms with van der Waals surface area (Å²) in [5, 5.41) is 10.9. The number of nitro benzene ring substituents is 1. The summed E-state index contributed by atoms with van der Waals surface area (Å²) in [6.07, 6.45) is 0. The lowest BCUT2D eigenvalue weighted by molar-refractivity contribution is -0.387. The molecule has 0 atom stereocenters. The molecule has 1 N–H and O–H groups in total. The van der Waals surface area contributed by atoms with E-state index in [1.54, 1.807) is 11.6 Å². The smallest absolute Gasteiger partial charge is 0.317 e. The van der Waals surface area contributed by atoms with Crippen LogP contribution in [0.2, 0.25) is 0 Å². The molecule has 2 aromatic rings. The third-order valence-corrected chi connectivity index (χ3v) is 4.21. The second kappa shape index (κ2) is 6.58. The number of hydrogen-bond acceptors (Lipinski definition) is 8. The molecule has 24 heavy (non-hydrogen) atoms. The molecular formula is C13H12N4O6S. The molecule has 0 radical (unpaired) electrons. The number of aryl methyl sites for hydroxylation is 1. The maximum absolute atomic E-state index is 12.3. The minimum atomic E-state index is -4.46. The molecule has 0 aliphatic rings. The van der Waals surface area contributed by atoms with Gasteiger partial charge in [0.25, 0.3) is 21.6 Å². The van der Waals surface area contributed by atoms with E-state index in [1.165, 1.54) is 25.3 Å². The number of benzene rings is 1. The van der Waals surface area contributed by atoms with Crippen LogP contribution in [0.5, 0.6) is 6.01 Å². The summed E-state index contributed by atoms with van der Waals surface area (Å²) in [6, 6.07) is 5.83. The van der Waals surface area contributed by atoms with Crippen LogP contribution in [0.4, 0.5) is 5.69 Å². The molecule has 2 rings (SSSR count). The molecule has 0 bridgehead atoms. The van der Waals surface area contributed by atoms with Crippen molar-refractivity contribution < 1.29 is 22.9 Å². The van der Waals surface area contributed by atoms with Crippen LogP contribution in [0.15, 0.2) is 35.2 Å². The molecule has 1 aromatic carbocycles. The first-order chi connectivity index (χ1) is 11.2. The van der Waals surface area contributed by atoms with Gasteiger partial charge in [-0.1, -0.05) is 12.1 Å². The first kappa shape index (κ1) is 17.3. The Labute approximate surface area is 136 Å². The standard InChI is InChI=1S/C13H12N4O6S/c1-8-7-9(15-13(14-8)23-2)12(18)16-24(21,22)11-6-4-3-5-10(11)17(19)20/h3-7H,1-2H3,(H,16,18). The van der Waals surface area contributed by atoms with E-state index in [9.17, 15) is 23.3 Å². The van der Waals surface area contributed by atoms with Gasteiger partial charge in [-0.15, -0.1) is 0 Å². The summed E-state index contributed by atoms with van der Waals surface area (Å²) < 4.78 is 31.1. The summed E-state index contributed by atoms with van der Waals surface area (Å²) >= 11 is 0. The third kappa shape index (κ3) is 3.63. The highest BCUT2D eigenvalue weighted by atomic mass is 32.2. The molecule has 11 heteroatoms. The van der Waals surface area contributed by atoms with Crippen molar-refractivity contribution in [3.8, 4) is 6.01 Å². The predicted molar refractivity (Wildman–Crippen MR) is 81.1 cm³/mol. The van der Waals surface area contributed by atoms with Crippen LogP contribution >= 0.6 is 0 Å². The number of para-hydroxylation sites is 1. The lowest BCUT2D eigenvalue weighted by atomic mass is 10.3. The van der Waals surface area contributed by atoms with Crippen molar-refractivity contribution >= 4 is 21.6 Å². The first-order valence-corrected chi connectivity index (χ1v) is 7.93. The molecule has 0 saturated carbocycles. The number of amides is 1. The molecule has 0 spiro atoms. The van der Waals surface area contributed by atoms with Crippen LogP contribution in [0.1, 0.15) is 16.2 Å². The number of sulfonamides is 1. The Morgan fingerprint density at radius 2 is 1.96 bits per heavy atom. The van der Waals surface area contributed by atoms with Crippen molar-refractivity contribution in [2.24, 2.45) is 0 Å². The average Bonchev–Trinajstić information content (AvgIpc) is 2.53. The molecule has 0 aliphatic heterocycles. The van der Waals surface area contributed by atoms with E-state index in [0.717, 1.165) is 12.1 Å². The number of rotatable bonds is 5. The summed E-state index contributed by atoms with van der Waals surface area (Å²) in [6.45, 7) is 1.57. The Bertz CT molecular complexity index is 912. The van der Waals surface area contributed by atoms with E-state index in [2.05, 4.69) is 9.97 Å². The number of aromatic nitrogens is 2. The van der Waals surface area contributed by atoms with E-state index in [-0.39, 0.29) is 11.7 Å². The highest BCUT2D eigenvalue weighted by Crippen LogP contribution is 2.22. The Kier molecular flexibility index (Phi) is 4.74. The summed E-state index contributed by atoms with van der Waals surface area (Å²) in [5.41, 5.74) is -0.508. The van der Waals surface area contributed by atoms with Gasteiger partial charge in [0.2, 0.25) is 0 Å². The highest BCUT2D eigenvalue weighted by molar-refractivity contribution is 7.90. The Morgan fingerprint density at radius 1 is 1.29 bits per heavy atom. The molecule has 0 saturated heterocycles. The van der Waals surface area contributed by atoms with E-state index in [1.807, 2.05) is 0 Å². The fourth-order valence-corrected chi connectivity index (χ4v) is 2.95. The monoisotopic (exact) mass is 352 g/mol. The number of nitrogens with one attached hydrogen (secondary N) is 1. The predicted octanol–water partition coefficient (Wildman–Crippen LogP) is 0.821. The Balaban J connectivity index is 2.38. The van der Waals surface area contributed by atoms with Crippen LogP contribution in [0, 0.1) is 17.0 Å². The number of nitro groups is 1. The zero-order valence-electron chi connectivity index (χ0n) is 12.6. The lowest BCUT2D eigenvalue weighted by Crippen LogP contribution is -2.31. The molecule has 1 aromatic heterocycles. The van der Waals surface area contributed by atoms with Gasteiger partial charge in [-0.2, -0.15) is 4.98 Å². The van der Waals surface area contributed by atoms with Gasteiger partial charge in [0.1, 0.15) is 5.69 Å². The van der Waals surface area contributed by atoms with E-state index >= 15 is 0 Å². The van der Waals surface area contributed by atoms with Crippen molar-refractivity contribution in [2.45, 2.75) is 11.8 Å². The second-order valence-electron chi connectivity index (χ2n) is 4.54. The summed E-state index contributed by atoms with van der Waals surface area (Å²) in [7, 11) is -3.17. The van der Waals surface area contributed by atoms with Crippen LogP contribution in [-0.2, 0) is 10.0 Å². The van der Waals surface area contributed by atoms with E-state index in [0.29, 0.717) is 5.69 Å². The quantitative estimate of drug-likeness (QED) is 0.616. The third-order valence-electron chi connectivity index (χ3n) is 2.83.